The van der Waals surface area contributed by atoms with Gasteiger partial charge in [-0.05, 0) is 36.2 Å². The van der Waals surface area contributed by atoms with Crippen LogP contribution in [-0.4, -0.2) is 22.4 Å². The van der Waals surface area contributed by atoms with E-state index >= 15 is 0 Å². The summed E-state index contributed by atoms with van der Waals surface area (Å²) in [5.74, 6) is -0.0231. The van der Waals surface area contributed by atoms with Gasteiger partial charge < -0.3 is 10.6 Å². The Bertz CT molecular complexity index is 911. The zero-order valence-electron chi connectivity index (χ0n) is 14.7. The normalized spacial score (nSPS) is 11.1. The lowest BCUT2D eigenvalue weighted by Gasteiger charge is -2.09. The topological polar surface area (TPSA) is 66.9 Å². The predicted molar refractivity (Wildman–Crippen MR) is 100 cm³/mol. The highest BCUT2D eigenvalue weighted by Crippen LogP contribution is 2.29. The number of carbonyl (C=O) groups excluding carboxylic acids is 1. The van der Waals surface area contributed by atoms with E-state index in [1.807, 2.05) is 30.3 Å². The molecule has 0 fully saturated rings. The van der Waals surface area contributed by atoms with Crippen LogP contribution < -0.4 is 10.6 Å². The summed E-state index contributed by atoms with van der Waals surface area (Å²) in [7, 11) is 0. The molecule has 1 heterocycles. The third-order valence-electron chi connectivity index (χ3n) is 3.92. The number of rotatable bonds is 6. The number of benzene rings is 2. The summed E-state index contributed by atoms with van der Waals surface area (Å²) >= 11 is 0. The number of aromatic nitrogens is 2. The molecule has 0 saturated heterocycles. The molecular formula is C20H17F3N4O. The fourth-order valence-corrected chi connectivity index (χ4v) is 2.45. The maximum atomic E-state index is 12.6. The summed E-state index contributed by atoms with van der Waals surface area (Å²) in [4.78, 5) is 20.3. The van der Waals surface area contributed by atoms with E-state index in [-0.39, 0.29) is 11.4 Å². The van der Waals surface area contributed by atoms with Gasteiger partial charge in [-0.15, -0.1) is 0 Å². The molecule has 0 atom stereocenters. The van der Waals surface area contributed by atoms with Crippen LogP contribution in [0.5, 0.6) is 0 Å². The van der Waals surface area contributed by atoms with Gasteiger partial charge in [0.15, 0.2) is 0 Å². The molecule has 0 aliphatic rings. The molecule has 0 saturated carbocycles. The van der Waals surface area contributed by atoms with E-state index in [1.54, 1.807) is 0 Å². The summed E-state index contributed by atoms with van der Waals surface area (Å²) in [6.45, 7) is 0.662. The molecule has 0 aliphatic heterocycles. The van der Waals surface area contributed by atoms with Gasteiger partial charge in [-0.25, -0.2) is 9.97 Å². The summed E-state index contributed by atoms with van der Waals surface area (Å²) in [5, 5.41) is 5.61. The largest absolute Gasteiger partial charge is 0.416 e. The summed E-state index contributed by atoms with van der Waals surface area (Å²) < 4.78 is 37.7. The molecule has 5 nitrogen and oxygen atoms in total. The van der Waals surface area contributed by atoms with Crippen molar-refractivity contribution in [2.45, 2.75) is 12.6 Å². The number of carbonyl (C=O) groups is 1. The van der Waals surface area contributed by atoms with Crippen LogP contribution >= 0.6 is 0 Å². The molecule has 0 radical (unpaired) electrons. The lowest BCUT2D eigenvalue weighted by Crippen LogP contribution is -2.15. The Hall–Kier alpha value is -3.42. The number of amides is 1. The van der Waals surface area contributed by atoms with Crippen LogP contribution in [0.4, 0.5) is 24.7 Å². The molecule has 0 spiro atoms. The van der Waals surface area contributed by atoms with Gasteiger partial charge in [-0.3, -0.25) is 4.79 Å². The van der Waals surface area contributed by atoms with Gasteiger partial charge in [-0.1, -0.05) is 30.3 Å². The molecule has 0 unspecified atom stereocenters. The molecule has 0 aliphatic carbocycles. The van der Waals surface area contributed by atoms with Crippen LogP contribution in [0.1, 0.15) is 21.6 Å². The van der Waals surface area contributed by atoms with Crippen LogP contribution in [0.3, 0.4) is 0 Å². The highest BCUT2D eigenvalue weighted by molar-refractivity contribution is 6.02. The fourth-order valence-electron chi connectivity index (χ4n) is 2.45. The standard InChI is InChI=1S/C20H17F3N4O/c21-20(22,23)15-6-8-16(9-7-15)27-19(28)17-12-26-18(13-25-17)24-11-10-14-4-2-1-3-5-14/h1-9,12-13H,10-11H2,(H,24,26)(H,27,28). The van der Waals surface area contributed by atoms with Crippen molar-refractivity contribution in [1.29, 1.82) is 0 Å². The molecule has 1 amide bonds. The highest BCUT2D eigenvalue weighted by atomic mass is 19.4. The molecule has 0 bridgehead atoms. The van der Waals surface area contributed by atoms with Crippen molar-refractivity contribution in [3.63, 3.8) is 0 Å². The average molecular weight is 386 g/mol. The van der Waals surface area contributed by atoms with Gasteiger partial charge in [0.1, 0.15) is 11.5 Å². The van der Waals surface area contributed by atoms with Gasteiger partial charge in [0.2, 0.25) is 0 Å². The van der Waals surface area contributed by atoms with Gasteiger partial charge in [-0.2, -0.15) is 13.2 Å². The molecule has 3 rings (SSSR count). The molecular weight excluding hydrogens is 369 g/mol. The Kier molecular flexibility index (Phi) is 5.88. The number of anilines is 2. The maximum Gasteiger partial charge on any atom is 0.416 e. The van der Waals surface area contributed by atoms with E-state index in [2.05, 4.69) is 20.6 Å². The lowest BCUT2D eigenvalue weighted by molar-refractivity contribution is -0.137. The first-order chi connectivity index (χ1) is 13.4. The first-order valence-electron chi connectivity index (χ1n) is 8.50. The minimum absolute atomic E-state index is 0.0634. The quantitative estimate of drug-likeness (QED) is 0.659. The zero-order chi connectivity index (χ0) is 20.0. The fraction of sp³-hybridized carbons (Fsp3) is 0.150. The van der Waals surface area contributed by atoms with Crippen LogP contribution in [0.2, 0.25) is 0 Å². The van der Waals surface area contributed by atoms with Crippen molar-refractivity contribution in [1.82, 2.24) is 9.97 Å². The predicted octanol–water partition coefficient (Wildman–Crippen LogP) is 4.40. The minimum Gasteiger partial charge on any atom is -0.368 e. The summed E-state index contributed by atoms with van der Waals surface area (Å²) in [6.07, 6.45) is -0.854. The SMILES string of the molecule is O=C(Nc1ccc(C(F)(F)F)cc1)c1cnc(NCCc2ccccc2)cn1. The first kappa shape index (κ1) is 19.3. The summed E-state index contributed by atoms with van der Waals surface area (Å²) in [6, 6.07) is 14.1. The van der Waals surface area contributed by atoms with E-state index in [1.165, 1.54) is 30.1 Å². The maximum absolute atomic E-state index is 12.6. The van der Waals surface area contributed by atoms with Crippen LogP contribution in [0, 0.1) is 0 Å². The third-order valence-corrected chi connectivity index (χ3v) is 3.92. The second-order valence-electron chi connectivity index (χ2n) is 5.98. The van der Waals surface area contributed by atoms with Crippen LogP contribution in [0.15, 0.2) is 67.0 Å². The van der Waals surface area contributed by atoms with Crippen molar-refractivity contribution in [3.8, 4) is 0 Å². The molecule has 144 valence electrons. The van der Waals surface area contributed by atoms with Crippen LogP contribution in [0.25, 0.3) is 0 Å². The number of halogens is 3. The van der Waals surface area contributed by atoms with Gasteiger partial charge in [0.25, 0.3) is 5.91 Å². The number of hydrogen-bond donors (Lipinski definition) is 2. The van der Waals surface area contributed by atoms with E-state index in [9.17, 15) is 18.0 Å². The van der Waals surface area contributed by atoms with Gasteiger partial charge in [0.05, 0.1) is 18.0 Å². The van der Waals surface area contributed by atoms with Gasteiger partial charge in [0, 0.05) is 12.2 Å². The Morgan fingerprint density at radius 1 is 0.929 bits per heavy atom. The summed E-state index contributed by atoms with van der Waals surface area (Å²) in [5.41, 5.74) is 0.713. The van der Waals surface area contributed by atoms with Crippen molar-refractivity contribution < 1.29 is 18.0 Å². The molecule has 3 aromatic rings. The second kappa shape index (κ2) is 8.51. The van der Waals surface area contributed by atoms with Crippen molar-refractivity contribution in [2.24, 2.45) is 0 Å². The van der Waals surface area contributed by atoms with E-state index in [0.29, 0.717) is 12.4 Å². The van der Waals surface area contributed by atoms with Gasteiger partial charge >= 0.3 is 6.18 Å². The Balaban J connectivity index is 1.53. The number of nitrogens with zero attached hydrogens (tertiary/aromatic N) is 2. The second-order valence-corrected chi connectivity index (χ2v) is 5.98. The average Bonchev–Trinajstić information content (AvgIpc) is 2.69. The third kappa shape index (κ3) is 5.29. The Morgan fingerprint density at radius 3 is 2.25 bits per heavy atom. The number of hydrogen-bond acceptors (Lipinski definition) is 4. The Morgan fingerprint density at radius 2 is 1.64 bits per heavy atom. The number of alkyl halides is 3. The monoisotopic (exact) mass is 386 g/mol. The van der Waals surface area contributed by atoms with E-state index in [4.69, 9.17) is 0 Å². The molecule has 1 aromatic heterocycles. The van der Waals surface area contributed by atoms with E-state index < -0.39 is 17.6 Å². The first-order valence-corrected chi connectivity index (χ1v) is 8.50. The molecule has 28 heavy (non-hydrogen) atoms. The van der Waals surface area contributed by atoms with Crippen LogP contribution in [-0.2, 0) is 12.6 Å². The smallest absolute Gasteiger partial charge is 0.368 e. The van der Waals surface area contributed by atoms with Crippen molar-refractivity contribution >= 4 is 17.4 Å². The minimum atomic E-state index is -4.42. The lowest BCUT2D eigenvalue weighted by atomic mass is 10.1. The number of nitrogens with one attached hydrogen (secondary N) is 2. The Labute approximate surface area is 159 Å². The van der Waals surface area contributed by atoms with Crippen molar-refractivity contribution in [2.75, 3.05) is 17.2 Å². The highest BCUT2D eigenvalue weighted by Gasteiger charge is 2.30. The molecule has 2 aromatic carbocycles. The molecule has 8 heteroatoms. The van der Waals surface area contributed by atoms with Crippen molar-refractivity contribution in [3.05, 3.63) is 83.8 Å². The molecule has 2 N–H and O–H groups in total. The van der Waals surface area contributed by atoms with E-state index in [0.717, 1.165) is 18.6 Å². The zero-order valence-corrected chi connectivity index (χ0v) is 14.7.